The predicted octanol–water partition coefficient (Wildman–Crippen LogP) is 1.80. The number of nitrogens with two attached hydrogens (primary N) is 1. The van der Waals surface area contributed by atoms with Gasteiger partial charge in [-0.1, -0.05) is 12.8 Å². The van der Waals surface area contributed by atoms with E-state index in [1.54, 1.807) is 12.3 Å². The van der Waals surface area contributed by atoms with Crippen LogP contribution in [-0.4, -0.2) is 47.9 Å². The largest absolute Gasteiger partial charge is 0.369 e. The van der Waals surface area contributed by atoms with E-state index in [-0.39, 0.29) is 17.7 Å². The zero-order valence-electron chi connectivity index (χ0n) is 14.1. The molecule has 1 aromatic heterocycles. The van der Waals surface area contributed by atoms with Crippen LogP contribution in [0.15, 0.2) is 18.3 Å². The summed E-state index contributed by atoms with van der Waals surface area (Å²) in [5.41, 5.74) is 6.04. The number of carbonyl (C=O) groups is 2. The molecule has 3 rings (SSSR count). The van der Waals surface area contributed by atoms with Crippen LogP contribution >= 0.6 is 0 Å². The molecule has 2 saturated heterocycles. The minimum absolute atomic E-state index is 0.0244. The van der Waals surface area contributed by atoms with Crippen LogP contribution in [0, 0.1) is 5.92 Å². The van der Waals surface area contributed by atoms with Crippen LogP contribution in [0.25, 0.3) is 0 Å². The second kappa shape index (κ2) is 7.64. The number of pyridine rings is 1. The Bertz CT molecular complexity index is 588. The first kappa shape index (κ1) is 16.7. The summed E-state index contributed by atoms with van der Waals surface area (Å²) in [5, 5.41) is 0. The van der Waals surface area contributed by atoms with Gasteiger partial charge in [0.05, 0.1) is 0 Å². The summed E-state index contributed by atoms with van der Waals surface area (Å²) in [6.45, 7) is 3.20. The van der Waals surface area contributed by atoms with Gasteiger partial charge in [-0.05, 0) is 37.8 Å². The number of anilines is 1. The molecule has 2 fully saturated rings. The zero-order valence-corrected chi connectivity index (χ0v) is 14.1. The molecule has 0 aliphatic carbocycles. The monoisotopic (exact) mass is 330 g/mol. The molecule has 0 spiro atoms. The SMILES string of the molecule is NC(=O)C1CCN(C(=O)c2ccnc(N3CCCCCC3)c2)CC1. The molecule has 130 valence electrons. The first-order valence-electron chi connectivity index (χ1n) is 8.95. The number of hydrogen-bond donors (Lipinski definition) is 1. The molecule has 2 N–H and O–H groups in total. The average Bonchev–Trinajstić information content (AvgIpc) is 2.91. The van der Waals surface area contributed by atoms with Crippen LogP contribution in [0.1, 0.15) is 48.9 Å². The molecular weight excluding hydrogens is 304 g/mol. The molecule has 0 aromatic carbocycles. The summed E-state index contributed by atoms with van der Waals surface area (Å²) < 4.78 is 0. The molecule has 0 radical (unpaired) electrons. The highest BCUT2D eigenvalue weighted by Gasteiger charge is 2.26. The maximum absolute atomic E-state index is 12.7. The molecule has 3 heterocycles. The van der Waals surface area contributed by atoms with Gasteiger partial charge in [0.15, 0.2) is 0 Å². The molecule has 24 heavy (non-hydrogen) atoms. The standard InChI is InChI=1S/C18H26N4O2/c19-17(23)14-6-11-22(12-7-14)18(24)15-5-8-20-16(13-15)21-9-3-1-2-4-10-21/h5,8,13-14H,1-4,6-7,9-12H2,(H2,19,23). The lowest BCUT2D eigenvalue weighted by Crippen LogP contribution is -2.41. The van der Waals surface area contributed by atoms with Gasteiger partial charge in [-0.25, -0.2) is 4.98 Å². The highest BCUT2D eigenvalue weighted by molar-refractivity contribution is 5.95. The van der Waals surface area contributed by atoms with Gasteiger partial charge in [0.1, 0.15) is 5.82 Å². The Hall–Kier alpha value is -2.11. The Morgan fingerprint density at radius 3 is 2.33 bits per heavy atom. The van der Waals surface area contributed by atoms with Crippen LogP contribution in [-0.2, 0) is 4.79 Å². The number of amides is 2. The molecule has 0 bridgehead atoms. The number of nitrogens with zero attached hydrogens (tertiary/aromatic N) is 3. The van der Waals surface area contributed by atoms with E-state index in [1.165, 1.54) is 25.7 Å². The van der Waals surface area contributed by atoms with E-state index in [0.29, 0.717) is 31.5 Å². The van der Waals surface area contributed by atoms with Gasteiger partial charge >= 0.3 is 0 Å². The topological polar surface area (TPSA) is 79.5 Å². The van der Waals surface area contributed by atoms with Crippen molar-refractivity contribution in [3.05, 3.63) is 23.9 Å². The number of hydrogen-bond acceptors (Lipinski definition) is 4. The van der Waals surface area contributed by atoms with E-state index < -0.39 is 0 Å². The molecule has 2 aliphatic heterocycles. The van der Waals surface area contributed by atoms with Crippen molar-refractivity contribution in [2.75, 3.05) is 31.1 Å². The summed E-state index contributed by atoms with van der Waals surface area (Å²) in [6.07, 6.45) is 7.94. The number of primary amides is 1. The Balaban J connectivity index is 1.67. The molecule has 6 nitrogen and oxygen atoms in total. The molecule has 2 aliphatic rings. The third-order valence-corrected chi connectivity index (χ3v) is 5.11. The van der Waals surface area contributed by atoms with Crippen molar-refractivity contribution < 1.29 is 9.59 Å². The highest BCUT2D eigenvalue weighted by atomic mass is 16.2. The highest BCUT2D eigenvalue weighted by Crippen LogP contribution is 2.21. The maximum Gasteiger partial charge on any atom is 0.254 e. The Labute approximate surface area is 143 Å². The first-order chi connectivity index (χ1) is 11.6. The van der Waals surface area contributed by atoms with Gasteiger partial charge in [-0.3, -0.25) is 9.59 Å². The fourth-order valence-corrected chi connectivity index (χ4v) is 3.57. The Morgan fingerprint density at radius 1 is 1.04 bits per heavy atom. The van der Waals surface area contributed by atoms with E-state index in [0.717, 1.165) is 18.9 Å². The van der Waals surface area contributed by atoms with Gasteiger partial charge < -0.3 is 15.5 Å². The summed E-state index contributed by atoms with van der Waals surface area (Å²) in [4.78, 5) is 32.6. The second-order valence-electron chi connectivity index (χ2n) is 6.77. The first-order valence-corrected chi connectivity index (χ1v) is 8.95. The van der Waals surface area contributed by atoms with Crippen LogP contribution in [0.2, 0.25) is 0 Å². The third-order valence-electron chi connectivity index (χ3n) is 5.11. The van der Waals surface area contributed by atoms with Crippen molar-refractivity contribution in [2.45, 2.75) is 38.5 Å². The van der Waals surface area contributed by atoms with E-state index in [9.17, 15) is 9.59 Å². The van der Waals surface area contributed by atoms with E-state index >= 15 is 0 Å². The molecule has 2 amide bonds. The van der Waals surface area contributed by atoms with Crippen molar-refractivity contribution >= 4 is 17.6 Å². The van der Waals surface area contributed by atoms with Crippen LogP contribution in [0.3, 0.4) is 0 Å². The average molecular weight is 330 g/mol. The van der Waals surface area contributed by atoms with Crippen LogP contribution in [0.4, 0.5) is 5.82 Å². The third kappa shape index (κ3) is 3.86. The summed E-state index contributed by atoms with van der Waals surface area (Å²) in [7, 11) is 0. The minimum atomic E-state index is -0.255. The lowest BCUT2D eigenvalue weighted by atomic mass is 9.96. The van der Waals surface area contributed by atoms with Crippen molar-refractivity contribution in [2.24, 2.45) is 11.7 Å². The molecule has 0 saturated carbocycles. The Kier molecular flexibility index (Phi) is 5.33. The minimum Gasteiger partial charge on any atom is -0.369 e. The van der Waals surface area contributed by atoms with E-state index in [4.69, 9.17) is 5.73 Å². The number of likely N-dealkylation sites (tertiary alicyclic amines) is 1. The fraction of sp³-hybridized carbons (Fsp3) is 0.611. The van der Waals surface area contributed by atoms with Gasteiger partial charge in [-0.2, -0.15) is 0 Å². The summed E-state index contributed by atoms with van der Waals surface area (Å²) in [6, 6.07) is 3.69. The number of aromatic nitrogens is 1. The number of piperidine rings is 1. The van der Waals surface area contributed by atoms with Crippen molar-refractivity contribution in [3.63, 3.8) is 0 Å². The van der Waals surface area contributed by atoms with Crippen molar-refractivity contribution in [1.29, 1.82) is 0 Å². The quantitative estimate of drug-likeness (QED) is 0.916. The molecule has 0 unspecified atom stereocenters. The fourth-order valence-electron chi connectivity index (χ4n) is 3.57. The van der Waals surface area contributed by atoms with Crippen LogP contribution in [0.5, 0.6) is 0 Å². The molecule has 1 aromatic rings. The number of carbonyl (C=O) groups excluding carboxylic acids is 2. The van der Waals surface area contributed by atoms with Gasteiger partial charge in [0, 0.05) is 43.9 Å². The lowest BCUT2D eigenvalue weighted by Gasteiger charge is -2.31. The van der Waals surface area contributed by atoms with Crippen molar-refractivity contribution in [3.8, 4) is 0 Å². The van der Waals surface area contributed by atoms with Gasteiger partial charge in [0.2, 0.25) is 5.91 Å². The van der Waals surface area contributed by atoms with Crippen LogP contribution < -0.4 is 10.6 Å². The maximum atomic E-state index is 12.7. The van der Waals surface area contributed by atoms with Gasteiger partial charge in [-0.15, -0.1) is 0 Å². The molecular formula is C18H26N4O2. The predicted molar refractivity (Wildman–Crippen MR) is 92.7 cm³/mol. The Morgan fingerprint density at radius 2 is 1.71 bits per heavy atom. The zero-order chi connectivity index (χ0) is 16.9. The van der Waals surface area contributed by atoms with Gasteiger partial charge in [0.25, 0.3) is 5.91 Å². The smallest absolute Gasteiger partial charge is 0.254 e. The molecule has 0 atom stereocenters. The van der Waals surface area contributed by atoms with E-state index in [2.05, 4.69) is 9.88 Å². The summed E-state index contributed by atoms with van der Waals surface area (Å²) >= 11 is 0. The summed E-state index contributed by atoms with van der Waals surface area (Å²) in [5.74, 6) is 0.569. The molecule has 6 heteroatoms. The number of rotatable bonds is 3. The lowest BCUT2D eigenvalue weighted by molar-refractivity contribution is -0.123. The second-order valence-corrected chi connectivity index (χ2v) is 6.77. The van der Waals surface area contributed by atoms with E-state index in [1.807, 2.05) is 11.0 Å². The van der Waals surface area contributed by atoms with Crippen molar-refractivity contribution in [1.82, 2.24) is 9.88 Å². The normalized spacial score (nSPS) is 19.8.